The lowest BCUT2D eigenvalue weighted by atomic mass is 10.1. The molecule has 2 aliphatic rings. The van der Waals surface area contributed by atoms with Gasteiger partial charge in [0, 0.05) is 38.1 Å². The summed E-state index contributed by atoms with van der Waals surface area (Å²) in [6.45, 7) is 2.58. The highest BCUT2D eigenvalue weighted by Crippen LogP contribution is 2.33. The summed E-state index contributed by atoms with van der Waals surface area (Å²) >= 11 is 6.07. The third-order valence-corrected chi connectivity index (χ3v) is 5.27. The molecule has 1 saturated carbocycles. The Bertz CT molecular complexity index is 660. The summed E-state index contributed by atoms with van der Waals surface area (Å²) in [5.41, 5.74) is 0.501. The zero-order valence-corrected chi connectivity index (χ0v) is 16.1. The van der Waals surface area contributed by atoms with E-state index in [0.29, 0.717) is 48.4 Å². The number of carbonyl (C=O) groups is 2. The molecule has 0 bridgehead atoms. The smallest absolute Gasteiger partial charge is 0.257 e. The van der Waals surface area contributed by atoms with Crippen molar-refractivity contribution in [1.82, 2.24) is 9.80 Å². The van der Waals surface area contributed by atoms with Crippen LogP contribution in [0.4, 0.5) is 0 Å². The first kappa shape index (κ1) is 19.0. The molecule has 26 heavy (non-hydrogen) atoms. The summed E-state index contributed by atoms with van der Waals surface area (Å²) in [6.07, 6.45) is 5.58. The van der Waals surface area contributed by atoms with Gasteiger partial charge in [0.25, 0.3) is 5.91 Å². The fraction of sp³-hybridized carbons (Fsp3) is 0.600. The van der Waals surface area contributed by atoms with Gasteiger partial charge in [-0.3, -0.25) is 9.59 Å². The van der Waals surface area contributed by atoms with Gasteiger partial charge >= 0.3 is 0 Å². The molecule has 0 unspecified atom stereocenters. The number of carbonyl (C=O) groups excluding carboxylic acids is 2. The first-order chi connectivity index (χ1) is 12.5. The van der Waals surface area contributed by atoms with Crippen molar-refractivity contribution in [2.45, 2.75) is 38.5 Å². The van der Waals surface area contributed by atoms with Gasteiger partial charge < -0.3 is 14.5 Å². The van der Waals surface area contributed by atoms with Crippen LogP contribution in [0, 0.1) is 5.92 Å². The maximum atomic E-state index is 12.7. The van der Waals surface area contributed by atoms with Crippen molar-refractivity contribution in [1.29, 1.82) is 0 Å². The predicted molar refractivity (Wildman–Crippen MR) is 102 cm³/mol. The lowest BCUT2D eigenvalue weighted by molar-refractivity contribution is -0.131. The number of ether oxygens (including phenoxy) is 1. The van der Waals surface area contributed by atoms with Crippen molar-refractivity contribution < 1.29 is 14.3 Å². The molecule has 2 amide bonds. The first-order valence-corrected chi connectivity index (χ1v) is 9.88. The summed E-state index contributed by atoms with van der Waals surface area (Å²) in [5.74, 6) is 1.34. The molecule has 6 heteroatoms. The van der Waals surface area contributed by atoms with E-state index in [1.807, 2.05) is 4.90 Å². The van der Waals surface area contributed by atoms with Gasteiger partial charge in [-0.15, -0.1) is 0 Å². The molecule has 1 fully saturated rings. The maximum Gasteiger partial charge on any atom is 0.257 e. The van der Waals surface area contributed by atoms with Gasteiger partial charge in [-0.1, -0.05) is 11.6 Å². The van der Waals surface area contributed by atoms with Gasteiger partial charge in [0.05, 0.1) is 12.2 Å². The Labute approximate surface area is 160 Å². The van der Waals surface area contributed by atoms with Crippen molar-refractivity contribution in [2.24, 2.45) is 5.92 Å². The van der Waals surface area contributed by atoms with E-state index in [4.69, 9.17) is 16.3 Å². The van der Waals surface area contributed by atoms with E-state index in [2.05, 4.69) is 0 Å². The van der Waals surface area contributed by atoms with Gasteiger partial charge in [0.15, 0.2) is 0 Å². The van der Waals surface area contributed by atoms with Crippen LogP contribution in [0.25, 0.3) is 0 Å². The molecule has 1 aromatic rings. The van der Waals surface area contributed by atoms with Crippen LogP contribution in [0.1, 0.15) is 48.9 Å². The van der Waals surface area contributed by atoms with E-state index < -0.39 is 0 Å². The molecule has 1 aliphatic heterocycles. The molecule has 1 heterocycles. The zero-order chi connectivity index (χ0) is 18.5. The SMILES string of the molecule is CN1CCCCN(C(=O)CC2CC2)CCCOc2ccc(Cl)cc2C1=O. The number of benzene rings is 1. The third kappa shape index (κ3) is 5.13. The largest absolute Gasteiger partial charge is 0.493 e. The lowest BCUT2D eigenvalue weighted by Crippen LogP contribution is -2.34. The summed E-state index contributed by atoms with van der Waals surface area (Å²) in [7, 11) is 1.79. The molecule has 3 rings (SSSR count). The van der Waals surface area contributed by atoms with Crippen molar-refractivity contribution >= 4 is 23.4 Å². The monoisotopic (exact) mass is 378 g/mol. The Morgan fingerprint density at radius 1 is 1.19 bits per heavy atom. The highest BCUT2D eigenvalue weighted by molar-refractivity contribution is 6.31. The molecule has 5 nitrogen and oxygen atoms in total. The molecular formula is C20H27ClN2O3. The normalized spacial score (nSPS) is 19.7. The lowest BCUT2D eigenvalue weighted by Gasteiger charge is -2.23. The van der Waals surface area contributed by atoms with E-state index in [1.165, 1.54) is 12.8 Å². The number of hydrogen-bond acceptors (Lipinski definition) is 3. The zero-order valence-electron chi connectivity index (χ0n) is 15.4. The van der Waals surface area contributed by atoms with Crippen molar-refractivity contribution in [3.63, 3.8) is 0 Å². The number of fused-ring (bicyclic) bond motifs is 1. The highest BCUT2D eigenvalue weighted by Gasteiger charge is 2.27. The molecule has 1 aliphatic carbocycles. The minimum Gasteiger partial charge on any atom is -0.493 e. The van der Waals surface area contributed by atoms with Crippen molar-refractivity contribution in [2.75, 3.05) is 33.3 Å². The van der Waals surface area contributed by atoms with Crippen molar-refractivity contribution in [3.8, 4) is 5.75 Å². The van der Waals surface area contributed by atoms with E-state index >= 15 is 0 Å². The van der Waals surface area contributed by atoms with Crippen LogP contribution in [0.3, 0.4) is 0 Å². The van der Waals surface area contributed by atoms with Crippen LogP contribution >= 0.6 is 11.6 Å². The molecule has 0 spiro atoms. The van der Waals surface area contributed by atoms with Crippen LogP contribution in [0.2, 0.25) is 5.02 Å². The predicted octanol–water partition coefficient (Wildman–Crippen LogP) is 3.60. The minimum atomic E-state index is -0.0802. The van der Waals surface area contributed by atoms with Gasteiger partial charge in [-0.25, -0.2) is 0 Å². The van der Waals surface area contributed by atoms with Crippen LogP contribution in [-0.2, 0) is 4.79 Å². The second-order valence-corrected chi connectivity index (χ2v) is 7.74. The fourth-order valence-corrected chi connectivity index (χ4v) is 3.42. The minimum absolute atomic E-state index is 0.0802. The molecule has 0 saturated heterocycles. The van der Waals surface area contributed by atoms with E-state index in [1.54, 1.807) is 30.1 Å². The Hall–Kier alpha value is -1.75. The van der Waals surface area contributed by atoms with E-state index in [-0.39, 0.29) is 11.8 Å². The number of halogens is 1. The van der Waals surface area contributed by atoms with Gasteiger partial charge in [0.2, 0.25) is 5.91 Å². The van der Waals surface area contributed by atoms with Crippen LogP contribution < -0.4 is 4.74 Å². The quantitative estimate of drug-likeness (QED) is 0.790. The Morgan fingerprint density at radius 3 is 2.69 bits per heavy atom. The molecule has 0 atom stereocenters. The standard InChI is InChI=1S/C20H27ClN2O3/c1-22-9-2-3-10-23(19(24)13-15-5-6-15)11-4-12-26-18-8-7-16(21)14-17(18)20(22)25/h7-8,14-15H,2-6,9-13H2,1H3. The number of hydrogen-bond donors (Lipinski definition) is 0. The van der Waals surface area contributed by atoms with Crippen LogP contribution in [-0.4, -0.2) is 54.9 Å². The average molecular weight is 379 g/mol. The van der Waals surface area contributed by atoms with Gasteiger partial charge in [0.1, 0.15) is 5.75 Å². The molecule has 0 aromatic heterocycles. The highest BCUT2D eigenvalue weighted by atomic mass is 35.5. The Balaban J connectivity index is 1.69. The van der Waals surface area contributed by atoms with Crippen molar-refractivity contribution in [3.05, 3.63) is 28.8 Å². The first-order valence-electron chi connectivity index (χ1n) is 9.50. The second-order valence-electron chi connectivity index (χ2n) is 7.30. The number of nitrogens with zero attached hydrogens (tertiary/aromatic N) is 2. The summed E-state index contributed by atoms with van der Waals surface area (Å²) in [6, 6.07) is 5.15. The topological polar surface area (TPSA) is 49.9 Å². The summed E-state index contributed by atoms with van der Waals surface area (Å²) in [4.78, 5) is 28.9. The fourth-order valence-electron chi connectivity index (χ4n) is 3.25. The Kier molecular flexibility index (Phi) is 6.41. The average Bonchev–Trinajstić information content (AvgIpc) is 3.43. The van der Waals surface area contributed by atoms with E-state index in [9.17, 15) is 9.59 Å². The van der Waals surface area contributed by atoms with Gasteiger partial charge in [-0.2, -0.15) is 0 Å². The molecule has 0 N–H and O–H groups in total. The second kappa shape index (κ2) is 8.76. The number of rotatable bonds is 2. The molecule has 142 valence electrons. The maximum absolute atomic E-state index is 12.7. The molecule has 1 aromatic carbocycles. The van der Waals surface area contributed by atoms with Gasteiger partial charge in [-0.05, 0) is 56.2 Å². The third-order valence-electron chi connectivity index (χ3n) is 5.03. The van der Waals surface area contributed by atoms with Crippen LogP contribution in [0.15, 0.2) is 18.2 Å². The molecular weight excluding hydrogens is 352 g/mol. The summed E-state index contributed by atoms with van der Waals surface area (Å²) in [5, 5.41) is 0.523. The van der Waals surface area contributed by atoms with Crippen LogP contribution in [0.5, 0.6) is 5.75 Å². The summed E-state index contributed by atoms with van der Waals surface area (Å²) < 4.78 is 5.85. The van der Waals surface area contributed by atoms with E-state index in [0.717, 1.165) is 25.8 Å². The molecule has 0 radical (unpaired) electrons. The number of amides is 2. The Morgan fingerprint density at radius 2 is 1.92 bits per heavy atom.